The highest BCUT2D eigenvalue weighted by Gasteiger charge is 2.17. The van der Waals surface area contributed by atoms with Gasteiger partial charge in [-0.1, -0.05) is 31.2 Å². The van der Waals surface area contributed by atoms with Crippen molar-refractivity contribution < 1.29 is 4.79 Å². The fourth-order valence-corrected chi connectivity index (χ4v) is 2.90. The summed E-state index contributed by atoms with van der Waals surface area (Å²) in [5.74, 6) is 1.11. The number of amides is 1. The van der Waals surface area contributed by atoms with Gasteiger partial charge in [0.05, 0.1) is 11.0 Å². The molecule has 1 heterocycles. The number of hydrogen-bond acceptors (Lipinski definition) is 2. The van der Waals surface area contributed by atoms with Gasteiger partial charge in [-0.05, 0) is 37.3 Å². The fraction of sp³-hybridized carbons (Fsp3) is 0.412. The molecule has 110 valence electrons. The molecule has 0 spiro atoms. The number of nitrogens with one attached hydrogen (secondary N) is 1. The third-order valence-electron chi connectivity index (χ3n) is 3.91. The minimum atomic E-state index is 0.0548. The van der Waals surface area contributed by atoms with E-state index in [1.54, 1.807) is 0 Å². The number of fused-ring (bicyclic) bond motifs is 1. The molecule has 0 aliphatic heterocycles. The molecule has 1 aromatic heterocycles. The monoisotopic (exact) mass is 283 g/mol. The van der Waals surface area contributed by atoms with Crippen LogP contribution in [0.4, 0.5) is 5.95 Å². The average Bonchev–Trinajstić information content (AvgIpc) is 3.08. The van der Waals surface area contributed by atoms with Crippen LogP contribution in [0.25, 0.3) is 11.0 Å². The number of allylic oxidation sites excluding steroid dienone is 2. The van der Waals surface area contributed by atoms with Gasteiger partial charge in [-0.2, -0.15) is 0 Å². The highest BCUT2D eigenvalue weighted by atomic mass is 16.1. The van der Waals surface area contributed by atoms with Gasteiger partial charge in [0.2, 0.25) is 11.9 Å². The van der Waals surface area contributed by atoms with Gasteiger partial charge in [0.15, 0.2) is 0 Å². The van der Waals surface area contributed by atoms with Gasteiger partial charge in [-0.3, -0.25) is 10.1 Å². The van der Waals surface area contributed by atoms with Crippen LogP contribution in [-0.2, 0) is 11.3 Å². The average molecular weight is 283 g/mol. The first-order chi connectivity index (χ1) is 10.3. The van der Waals surface area contributed by atoms with Gasteiger partial charge in [-0.25, -0.2) is 4.98 Å². The molecule has 0 saturated carbocycles. The van der Waals surface area contributed by atoms with E-state index in [0.29, 0.717) is 18.3 Å². The Morgan fingerprint density at radius 3 is 3.05 bits per heavy atom. The van der Waals surface area contributed by atoms with Crippen molar-refractivity contribution in [3.8, 4) is 0 Å². The number of imidazole rings is 1. The van der Waals surface area contributed by atoms with E-state index in [-0.39, 0.29) is 5.91 Å². The second kappa shape index (κ2) is 6.12. The van der Waals surface area contributed by atoms with Crippen LogP contribution in [0.15, 0.2) is 36.4 Å². The van der Waals surface area contributed by atoms with Crippen molar-refractivity contribution in [1.82, 2.24) is 9.55 Å². The number of carbonyl (C=O) groups is 1. The summed E-state index contributed by atoms with van der Waals surface area (Å²) in [6.07, 6.45) is 8.03. The van der Waals surface area contributed by atoms with Crippen LogP contribution in [-0.4, -0.2) is 15.5 Å². The normalized spacial score (nSPS) is 17.5. The number of hydrogen-bond donors (Lipinski definition) is 1. The molecule has 0 saturated heterocycles. The van der Waals surface area contributed by atoms with Crippen molar-refractivity contribution in [2.45, 2.75) is 39.2 Å². The van der Waals surface area contributed by atoms with E-state index >= 15 is 0 Å². The van der Waals surface area contributed by atoms with Gasteiger partial charge >= 0.3 is 0 Å². The molecule has 0 radical (unpaired) electrons. The van der Waals surface area contributed by atoms with E-state index in [1.165, 1.54) is 0 Å². The molecule has 21 heavy (non-hydrogen) atoms. The van der Waals surface area contributed by atoms with Crippen LogP contribution in [0.3, 0.4) is 0 Å². The van der Waals surface area contributed by atoms with Gasteiger partial charge in [-0.15, -0.1) is 0 Å². The minimum Gasteiger partial charge on any atom is -0.310 e. The largest absolute Gasteiger partial charge is 0.310 e. The summed E-state index contributed by atoms with van der Waals surface area (Å²) in [5.41, 5.74) is 2.01. The highest BCUT2D eigenvalue weighted by molar-refractivity contribution is 5.91. The number of nitrogens with zero attached hydrogens (tertiary/aromatic N) is 2. The van der Waals surface area contributed by atoms with Crippen molar-refractivity contribution in [2.24, 2.45) is 5.92 Å². The topological polar surface area (TPSA) is 46.9 Å². The molecule has 1 aliphatic carbocycles. The standard InChI is InChI=1S/C17H21N3O/c1-2-11-20-15-10-6-5-9-14(15)18-17(20)19-16(21)12-13-7-3-4-8-13/h3,5-7,9-10,13H,2,4,8,11-12H2,1H3,(H,18,19,21). The lowest BCUT2D eigenvalue weighted by Crippen LogP contribution is -2.18. The zero-order valence-electron chi connectivity index (χ0n) is 12.4. The number of aryl methyl sites for hydroxylation is 1. The molecule has 1 aromatic carbocycles. The van der Waals surface area contributed by atoms with Crippen molar-refractivity contribution in [2.75, 3.05) is 5.32 Å². The smallest absolute Gasteiger partial charge is 0.227 e. The number of benzene rings is 1. The van der Waals surface area contributed by atoms with Crippen LogP contribution in [0.5, 0.6) is 0 Å². The summed E-state index contributed by atoms with van der Waals surface area (Å²) in [6, 6.07) is 8.01. The Bertz CT molecular complexity index is 672. The maximum atomic E-state index is 12.2. The fourth-order valence-electron chi connectivity index (χ4n) is 2.90. The number of carbonyl (C=O) groups excluding carboxylic acids is 1. The summed E-state index contributed by atoms with van der Waals surface area (Å²) in [7, 11) is 0. The van der Waals surface area contributed by atoms with Crippen LogP contribution >= 0.6 is 0 Å². The van der Waals surface area contributed by atoms with Crippen molar-refractivity contribution in [3.05, 3.63) is 36.4 Å². The molecule has 1 amide bonds. The quantitative estimate of drug-likeness (QED) is 0.850. The molecule has 2 aromatic rings. The summed E-state index contributed by atoms with van der Waals surface area (Å²) in [5, 5.41) is 2.99. The number of aromatic nitrogens is 2. The van der Waals surface area contributed by atoms with E-state index in [2.05, 4.69) is 33.9 Å². The summed E-state index contributed by atoms with van der Waals surface area (Å²) in [6.45, 7) is 2.99. The molecule has 4 nitrogen and oxygen atoms in total. The van der Waals surface area contributed by atoms with E-state index in [0.717, 1.165) is 36.8 Å². The Balaban J connectivity index is 1.80. The lowest BCUT2D eigenvalue weighted by molar-refractivity contribution is -0.116. The van der Waals surface area contributed by atoms with E-state index in [1.807, 2.05) is 24.3 Å². The molecule has 1 unspecified atom stereocenters. The van der Waals surface area contributed by atoms with Crippen LogP contribution in [0, 0.1) is 5.92 Å². The molecule has 0 bridgehead atoms. The first kappa shape index (κ1) is 13.9. The maximum Gasteiger partial charge on any atom is 0.227 e. The first-order valence-corrected chi connectivity index (χ1v) is 7.69. The molecular weight excluding hydrogens is 262 g/mol. The van der Waals surface area contributed by atoms with Crippen molar-refractivity contribution in [3.63, 3.8) is 0 Å². The van der Waals surface area contributed by atoms with E-state index in [4.69, 9.17) is 0 Å². The zero-order valence-corrected chi connectivity index (χ0v) is 12.4. The predicted molar refractivity (Wildman–Crippen MR) is 85.1 cm³/mol. The zero-order chi connectivity index (χ0) is 14.7. The van der Waals surface area contributed by atoms with Gasteiger partial charge in [0.25, 0.3) is 0 Å². The number of para-hydroxylation sites is 2. The molecule has 3 rings (SSSR count). The Morgan fingerprint density at radius 2 is 2.29 bits per heavy atom. The molecule has 1 atom stereocenters. The molecule has 4 heteroatoms. The van der Waals surface area contributed by atoms with Crippen LogP contribution in [0.1, 0.15) is 32.6 Å². The summed E-state index contributed by atoms with van der Waals surface area (Å²) < 4.78 is 2.09. The Labute approximate surface area is 124 Å². The second-order valence-electron chi connectivity index (χ2n) is 5.59. The Hall–Kier alpha value is -2.10. The van der Waals surface area contributed by atoms with Gasteiger partial charge in [0, 0.05) is 13.0 Å². The first-order valence-electron chi connectivity index (χ1n) is 7.69. The molecule has 0 fully saturated rings. The van der Waals surface area contributed by atoms with Gasteiger partial charge in [0.1, 0.15) is 0 Å². The third-order valence-corrected chi connectivity index (χ3v) is 3.91. The lowest BCUT2D eigenvalue weighted by atomic mass is 10.1. The molecule has 1 N–H and O–H groups in total. The summed E-state index contributed by atoms with van der Waals surface area (Å²) >= 11 is 0. The Morgan fingerprint density at radius 1 is 1.43 bits per heavy atom. The number of rotatable bonds is 5. The van der Waals surface area contributed by atoms with Gasteiger partial charge < -0.3 is 4.57 Å². The molecule has 1 aliphatic rings. The van der Waals surface area contributed by atoms with Crippen LogP contribution < -0.4 is 5.32 Å². The Kier molecular flexibility index (Phi) is 4.04. The number of anilines is 1. The van der Waals surface area contributed by atoms with E-state index < -0.39 is 0 Å². The second-order valence-corrected chi connectivity index (χ2v) is 5.59. The SMILES string of the molecule is CCCn1c(NC(=O)CC2C=CCC2)nc2ccccc21. The third kappa shape index (κ3) is 2.99. The van der Waals surface area contributed by atoms with Crippen molar-refractivity contribution >= 4 is 22.9 Å². The lowest BCUT2D eigenvalue weighted by Gasteiger charge is -2.10. The maximum absolute atomic E-state index is 12.2. The molecular formula is C17H21N3O. The highest BCUT2D eigenvalue weighted by Crippen LogP contribution is 2.23. The van der Waals surface area contributed by atoms with Crippen LogP contribution in [0.2, 0.25) is 0 Å². The summed E-state index contributed by atoms with van der Waals surface area (Å²) in [4.78, 5) is 16.8. The van der Waals surface area contributed by atoms with E-state index in [9.17, 15) is 4.79 Å². The van der Waals surface area contributed by atoms with Crippen molar-refractivity contribution in [1.29, 1.82) is 0 Å². The minimum absolute atomic E-state index is 0.0548. The predicted octanol–water partition coefficient (Wildman–Crippen LogP) is 3.74.